The van der Waals surface area contributed by atoms with E-state index in [4.69, 9.17) is 10.5 Å². The minimum Gasteiger partial charge on any atom is -0.497 e. The predicted octanol–water partition coefficient (Wildman–Crippen LogP) is 2.02. The third-order valence-electron chi connectivity index (χ3n) is 4.52. The van der Waals surface area contributed by atoms with Crippen molar-refractivity contribution in [2.75, 3.05) is 26.7 Å². The number of nitrogens with two attached hydrogens (primary N) is 1. The molecule has 0 radical (unpaired) electrons. The summed E-state index contributed by atoms with van der Waals surface area (Å²) in [5, 5.41) is 1.82. The Labute approximate surface area is 154 Å². The number of rotatable bonds is 5. The number of likely N-dealkylation sites (tertiary alicyclic amines) is 1. The molecule has 2 heterocycles. The van der Waals surface area contributed by atoms with E-state index in [1.165, 1.54) is 0 Å². The van der Waals surface area contributed by atoms with Gasteiger partial charge in [-0.3, -0.25) is 15.3 Å². The highest BCUT2D eigenvalue weighted by atomic mass is 16.5. The topological polar surface area (TPSA) is 78.5 Å². The molecule has 0 aromatic heterocycles. The van der Waals surface area contributed by atoms with E-state index in [0.717, 1.165) is 49.6 Å². The number of aliphatic imine (C=N–C) groups is 2. The van der Waals surface area contributed by atoms with Crippen LogP contribution in [0, 0.1) is 0 Å². The maximum Gasteiger partial charge on any atom is 0.179 e. The van der Waals surface area contributed by atoms with Crippen molar-refractivity contribution >= 4 is 17.9 Å². The lowest BCUT2D eigenvalue weighted by molar-refractivity contribution is 0.232. The lowest BCUT2D eigenvalue weighted by atomic mass is 10.1. The fourth-order valence-corrected chi connectivity index (χ4v) is 2.98. The Balaban J connectivity index is 1.82. The first kappa shape index (κ1) is 18.2. The molecule has 0 unspecified atom stereocenters. The van der Waals surface area contributed by atoms with Crippen LogP contribution in [-0.2, 0) is 0 Å². The SMILES string of the molecule is C=CN1NC=NC(=Nc2cccc(OC)c2)/C1=C\CN1CCC(N)CC1. The molecule has 0 saturated carbocycles. The summed E-state index contributed by atoms with van der Waals surface area (Å²) in [5.41, 5.74) is 10.7. The van der Waals surface area contributed by atoms with Crippen LogP contribution < -0.4 is 15.9 Å². The molecular formula is C19H26N6O. The monoisotopic (exact) mass is 354 g/mol. The van der Waals surface area contributed by atoms with Crippen LogP contribution in [0.2, 0.25) is 0 Å². The molecule has 3 rings (SSSR count). The van der Waals surface area contributed by atoms with Crippen LogP contribution in [0.25, 0.3) is 0 Å². The molecule has 3 N–H and O–H groups in total. The summed E-state index contributed by atoms with van der Waals surface area (Å²) in [6, 6.07) is 7.94. The van der Waals surface area contributed by atoms with Gasteiger partial charge in [0.2, 0.25) is 0 Å². The lowest BCUT2D eigenvalue weighted by Gasteiger charge is -2.30. The number of methoxy groups -OCH3 is 1. The van der Waals surface area contributed by atoms with E-state index in [-0.39, 0.29) is 0 Å². The largest absolute Gasteiger partial charge is 0.497 e. The predicted molar refractivity (Wildman–Crippen MR) is 105 cm³/mol. The van der Waals surface area contributed by atoms with Crippen LogP contribution in [0.4, 0.5) is 5.69 Å². The molecular weight excluding hydrogens is 328 g/mol. The molecule has 2 aliphatic rings. The minimum atomic E-state index is 0.328. The van der Waals surface area contributed by atoms with Gasteiger partial charge in [-0.25, -0.2) is 9.98 Å². The molecule has 1 aromatic rings. The van der Waals surface area contributed by atoms with E-state index >= 15 is 0 Å². The summed E-state index contributed by atoms with van der Waals surface area (Å²) in [6.45, 7) is 6.71. The third kappa shape index (κ3) is 4.50. The summed E-state index contributed by atoms with van der Waals surface area (Å²) in [4.78, 5) is 11.5. The van der Waals surface area contributed by atoms with Crippen LogP contribution in [0.3, 0.4) is 0 Å². The van der Waals surface area contributed by atoms with Crippen molar-refractivity contribution in [3.05, 3.63) is 48.8 Å². The molecule has 0 bridgehead atoms. The third-order valence-corrected chi connectivity index (χ3v) is 4.52. The van der Waals surface area contributed by atoms with E-state index < -0.39 is 0 Å². The lowest BCUT2D eigenvalue weighted by Crippen LogP contribution is -2.41. The standard InChI is InChI=1S/C19H26N6O/c1-3-25-18(9-12-24-10-7-15(20)8-11-24)19(21-14-22-25)23-16-5-4-6-17(13-16)26-2/h3-6,9,13-15H,1,7-8,10-12,20H2,2H3,(H,21,22,23)/b18-9+. The van der Waals surface area contributed by atoms with E-state index in [2.05, 4.69) is 33.0 Å². The molecule has 0 aliphatic carbocycles. The van der Waals surface area contributed by atoms with Crippen LogP contribution in [0.15, 0.2) is 58.8 Å². The van der Waals surface area contributed by atoms with Gasteiger partial charge in [-0.1, -0.05) is 12.6 Å². The highest BCUT2D eigenvalue weighted by Crippen LogP contribution is 2.22. The van der Waals surface area contributed by atoms with Gasteiger partial charge in [0, 0.05) is 24.9 Å². The van der Waals surface area contributed by atoms with E-state index in [0.29, 0.717) is 11.9 Å². The zero-order valence-electron chi connectivity index (χ0n) is 15.1. The van der Waals surface area contributed by atoms with Crippen molar-refractivity contribution in [2.45, 2.75) is 18.9 Å². The van der Waals surface area contributed by atoms with Crippen LogP contribution in [0.1, 0.15) is 12.8 Å². The second kappa shape index (κ2) is 8.64. The number of ether oxygens (including phenoxy) is 1. The summed E-state index contributed by atoms with van der Waals surface area (Å²) < 4.78 is 5.27. The molecule has 7 heteroatoms. The molecule has 1 aromatic carbocycles. The van der Waals surface area contributed by atoms with Crippen molar-refractivity contribution < 1.29 is 4.74 Å². The van der Waals surface area contributed by atoms with Gasteiger partial charge in [0.05, 0.1) is 12.8 Å². The second-order valence-corrected chi connectivity index (χ2v) is 6.30. The number of nitrogens with zero attached hydrogens (tertiary/aromatic N) is 4. The van der Waals surface area contributed by atoms with Gasteiger partial charge in [0.15, 0.2) is 5.84 Å². The van der Waals surface area contributed by atoms with Crippen molar-refractivity contribution in [1.29, 1.82) is 0 Å². The number of hydrazine groups is 1. The molecule has 0 amide bonds. The fraction of sp³-hybridized carbons (Fsp3) is 0.368. The minimum absolute atomic E-state index is 0.328. The van der Waals surface area contributed by atoms with E-state index in [9.17, 15) is 0 Å². The maximum absolute atomic E-state index is 5.99. The number of hydrogen-bond donors (Lipinski definition) is 2. The Kier molecular flexibility index (Phi) is 6.04. The van der Waals surface area contributed by atoms with Gasteiger partial charge in [-0.05, 0) is 44.1 Å². The van der Waals surface area contributed by atoms with Gasteiger partial charge < -0.3 is 10.5 Å². The normalized spacial score (nSPS) is 21.8. The Bertz CT molecular complexity index is 718. The highest BCUT2D eigenvalue weighted by Gasteiger charge is 2.19. The summed E-state index contributed by atoms with van der Waals surface area (Å²) in [7, 11) is 1.64. The number of hydrogen-bond acceptors (Lipinski definition) is 6. The van der Waals surface area contributed by atoms with Crippen molar-refractivity contribution in [3.63, 3.8) is 0 Å². The molecule has 0 atom stereocenters. The second-order valence-electron chi connectivity index (χ2n) is 6.30. The quantitative estimate of drug-likeness (QED) is 0.846. The maximum atomic E-state index is 5.99. The van der Waals surface area contributed by atoms with Crippen molar-refractivity contribution in [2.24, 2.45) is 15.7 Å². The first-order chi connectivity index (χ1) is 12.7. The number of amidine groups is 1. The Morgan fingerprint density at radius 1 is 1.42 bits per heavy atom. The fourth-order valence-electron chi connectivity index (χ4n) is 2.98. The van der Waals surface area contributed by atoms with Gasteiger partial charge in [0.25, 0.3) is 0 Å². The van der Waals surface area contributed by atoms with Crippen LogP contribution in [0.5, 0.6) is 5.75 Å². The zero-order valence-corrected chi connectivity index (χ0v) is 15.1. The Hall–Kier alpha value is -2.64. The highest BCUT2D eigenvalue weighted by molar-refractivity contribution is 6.04. The summed E-state index contributed by atoms with van der Waals surface area (Å²) >= 11 is 0. The molecule has 138 valence electrons. The molecule has 1 fully saturated rings. The van der Waals surface area contributed by atoms with Crippen molar-refractivity contribution in [3.8, 4) is 5.75 Å². The Morgan fingerprint density at radius 2 is 2.23 bits per heavy atom. The average molecular weight is 354 g/mol. The van der Waals surface area contributed by atoms with Gasteiger partial charge >= 0.3 is 0 Å². The van der Waals surface area contributed by atoms with E-state index in [1.54, 1.807) is 19.6 Å². The van der Waals surface area contributed by atoms with Crippen LogP contribution >= 0.6 is 0 Å². The zero-order chi connectivity index (χ0) is 18.4. The van der Waals surface area contributed by atoms with Gasteiger partial charge in [-0.15, -0.1) is 0 Å². The van der Waals surface area contributed by atoms with E-state index in [1.807, 2.05) is 29.3 Å². The molecule has 26 heavy (non-hydrogen) atoms. The molecule has 0 spiro atoms. The molecule has 1 saturated heterocycles. The number of benzene rings is 1. The number of piperidine rings is 1. The van der Waals surface area contributed by atoms with Gasteiger partial charge in [-0.2, -0.15) is 0 Å². The molecule has 2 aliphatic heterocycles. The van der Waals surface area contributed by atoms with Crippen molar-refractivity contribution in [1.82, 2.24) is 15.3 Å². The van der Waals surface area contributed by atoms with Crippen LogP contribution in [-0.4, -0.2) is 54.9 Å². The summed E-state index contributed by atoms with van der Waals surface area (Å²) in [5.74, 6) is 1.39. The van der Waals surface area contributed by atoms with Gasteiger partial charge in [0.1, 0.15) is 17.8 Å². The molecule has 7 nitrogen and oxygen atoms in total. The first-order valence-corrected chi connectivity index (χ1v) is 8.81. The number of nitrogens with one attached hydrogen (secondary N) is 1. The summed E-state index contributed by atoms with van der Waals surface area (Å²) in [6.07, 6.45) is 7.52. The smallest absolute Gasteiger partial charge is 0.179 e. The first-order valence-electron chi connectivity index (χ1n) is 8.81. The average Bonchev–Trinajstić information content (AvgIpc) is 2.68. The Morgan fingerprint density at radius 3 is 2.96 bits per heavy atom.